The Balaban J connectivity index is 1.17. The van der Waals surface area contributed by atoms with Gasteiger partial charge in [0.1, 0.15) is 5.82 Å². The Hall–Kier alpha value is -3.19. The van der Waals surface area contributed by atoms with Gasteiger partial charge < -0.3 is 10.6 Å². The third-order valence-electron chi connectivity index (χ3n) is 6.83. The Labute approximate surface area is 219 Å². The van der Waals surface area contributed by atoms with Crippen LogP contribution < -0.4 is 15.4 Å². The van der Waals surface area contributed by atoms with Crippen LogP contribution in [0.4, 0.5) is 19.0 Å². The lowest BCUT2D eigenvalue weighted by atomic mass is 9.82. The molecule has 1 aliphatic heterocycles. The van der Waals surface area contributed by atoms with Gasteiger partial charge in [0.05, 0.1) is 24.4 Å². The Kier molecular flexibility index (Phi) is 8.26. The van der Waals surface area contributed by atoms with Gasteiger partial charge in [-0.25, -0.2) is 13.4 Å². The fourth-order valence-corrected chi connectivity index (χ4v) is 5.44. The molecule has 2 fully saturated rings. The minimum Gasteiger partial charge on any atom is -0.349 e. The lowest BCUT2D eigenvalue weighted by Crippen LogP contribution is -2.63. The number of nitrogens with zero attached hydrogens (tertiary/aromatic N) is 2. The number of hydrogen-bond acceptors (Lipinski definition) is 6. The average Bonchev–Trinajstić information content (AvgIpc) is 2.83. The van der Waals surface area contributed by atoms with E-state index in [1.807, 2.05) is 6.07 Å². The minimum absolute atomic E-state index is 0.0499. The van der Waals surface area contributed by atoms with Gasteiger partial charge in [0, 0.05) is 36.3 Å². The Morgan fingerprint density at radius 2 is 1.74 bits per heavy atom. The van der Waals surface area contributed by atoms with Crippen molar-refractivity contribution >= 4 is 27.7 Å². The third kappa shape index (κ3) is 7.44. The molecule has 9 nitrogen and oxygen atoms in total. The molecule has 0 radical (unpaired) electrons. The number of anilines is 1. The summed E-state index contributed by atoms with van der Waals surface area (Å²) in [7, 11) is -3.39. The summed E-state index contributed by atoms with van der Waals surface area (Å²) in [5.41, 5.74) is -0.211. The Morgan fingerprint density at radius 3 is 2.39 bits per heavy atom. The highest BCUT2D eigenvalue weighted by atomic mass is 32.2. The zero-order valence-corrected chi connectivity index (χ0v) is 21.6. The number of aromatic nitrogens is 1. The molecule has 0 unspecified atom stereocenters. The van der Waals surface area contributed by atoms with Gasteiger partial charge in [0.15, 0.2) is 0 Å². The predicted octanol–water partition coefficient (Wildman–Crippen LogP) is 2.73. The highest BCUT2D eigenvalue weighted by Crippen LogP contribution is 2.35. The van der Waals surface area contributed by atoms with E-state index in [-0.39, 0.29) is 24.1 Å². The van der Waals surface area contributed by atoms with Crippen molar-refractivity contribution in [3.05, 3.63) is 59.3 Å². The van der Waals surface area contributed by atoms with Crippen molar-refractivity contribution in [2.75, 3.05) is 30.6 Å². The van der Waals surface area contributed by atoms with Crippen LogP contribution in [0.15, 0.2) is 42.5 Å². The largest absolute Gasteiger partial charge is 0.416 e. The molecule has 206 valence electrons. The van der Waals surface area contributed by atoms with Crippen LogP contribution in [-0.4, -0.2) is 68.1 Å². The van der Waals surface area contributed by atoms with Crippen molar-refractivity contribution in [3.8, 4) is 0 Å². The topological polar surface area (TPSA) is 121 Å². The van der Waals surface area contributed by atoms with Crippen molar-refractivity contribution in [2.24, 2.45) is 0 Å². The molecule has 1 aliphatic carbocycles. The first-order valence-corrected chi connectivity index (χ1v) is 14.2. The molecule has 2 amide bonds. The minimum atomic E-state index is -4.55. The number of rotatable bonds is 8. The summed E-state index contributed by atoms with van der Waals surface area (Å²) in [5.74, 6) is -0.568. The van der Waals surface area contributed by atoms with E-state index in [9.17, 15) is 31.2 Å². The number of sulfonamides is 1. The van der Waals surface area contributed by atoms with Crippen molar-refractivity contribution in [3.63, 3.8) is 0 Å². The molecule has 38 heavy (non-hydrogen) atoms. The zero-order chi connectivity index (χ0) is 27.5. The van der Waals surface area contributed by atoms with E-state index in [1.165, 1.54) is 6.07 Å². The second-order valence-electron chi connectivity index (χ2n) is 9.81. The van der Waals surface area contributed by atoms with Crippen LogP contribution >= 0.6 is 0 Å². The number of hydrogen-bond donors (Lipinski definition) is 3. The smallest absolute Gasteiger partial charge is 0.349 e. The second kappa shape index (κ2) is 11.3. The van der Waals surface area contributed by atoms with Gasteiger partial charge in [0.25, 0.3) is 5.91 Å². The van der Waals surface area contributed by atoms with Crippen molar-refractivity contribution < 1.29 is 31.2 Å². The zero-order valence-electron chi connectivity index (χ0n) is 20.8. The molecule has 2 heterocycles. The number of carbonyl (C=O) groups excluding carboxylic acids is 2. The van der Waals surface area contributed by atoms with E-state index in [1.54, 1.807) is 12.1 Å². The molecular weight excluding hydrogens is 523 g/mol. The normalized spacial score (nSPS) is 20.8. The molecule has 4 rings (SSSR count). The molecule has 2 aromatic rings. The number of benzene rings is 1. The van der Waals surface area contributed by atoms with Crippen LogP contribution in [-0.2, 0) is 21.0 Å². The quantitative estimate of drug-likeness (QED) is 0.463. The van der Waals surface area contributed by atoms with Crippen molar-refractivity contribution in [1.82, 2.24) is 20.5 Å². The van der Waals surface area contributed by atoms with Gasteiger partial charge in [0.2, 0.25) is 15.9 Å². The molecule has 0 bridgehead atoms. The number of carbonyl (C=O) groups is 2. The van der Waals surface area contributed by atoms with Crippen molar-refractivity contribution in [1.29, 1.82) is 0 Å². The fourth-order valence-electron chi connectivity index (χ4n) is 4.94. The molecule has 1 saturated heterocycles. The summed E-state index contributed by atoms with van der Waals surface area (Å²) in [6.45, 7) is 1.06. The average molecular weight is 554 g/mol. The molecular formula is C25H30F3N5O4S. The lowest BCUT2D eigenvalue weighted by molar-refractivity contribution is -0.137. The van der Waals surface area contributed by atoms with Crippen LogP contribution in [0.5, 0.6) is 0 Å². The van der Waals surface area contributed by atoms with Crippen LogP contribution in [0, 0.1) is 0 Å². The monoisotopic (exact) mass is 553 g/mol. The van der Waals surface area contributed by atoms with Gasteiger partial charge >= 0.3 is 6.18 Å². The van der Waals surface area contributed by atoms with Crippen LogP contribution in [0.25, 0.3) is 0 Å². The number of amides is 2. The maximum absolute atomic E-state index is 12.8. The first kappa shape index (κ1) is 27.8. The summed E-state index contributed by atoms with van der Waals surface area (Å²) in [4.78, 5) is 31.2. The summed E-state index contributed by atoms with van der Waals surface area (Å²) in [6, 6.07) is 9.73. The summed E-state index contributed by atoms with van der Waals surface area (Å²) in [6.07, 6.45) is 0.312. The van der Waals surface area contributed by atoms with Gasteiger partial charge in [-0.15, -0.1) is 0 Å². The first-order valence-electron chi connectivity index (χ1n) is 12.3. The third-order valence-corrected chi connectivity index (χ3v) is 7.41. The summed E-state index contributed by atoms with van der Waals surface area (Å²) >= 11 is 0. The van der Waals surface area contributed by atoms with E-state index in [2.05, 4.69) is 25.2 Å². The SMILES string of the molecule is CS(=O)(=O)Nc1cccc(C2CCC(N3CC(NC(=O)CNC(=O)c4cccc(C(F)(F)F)c4)C3)CC2)n1. The first-order chi connectivity index (χ1) is 17.9. The molecule has 0 spiro atoms. The number of likely N-dealkylation sites (tertiary alicyclic amines) is 1. The van der Waals surface area contributed by atoms with E-state index >= 15 is 0 Å². The van der Waals surface area contributed by atoms with E-state index in [4.69, 9.17) is 0 Å². The van der Waals surface area contributed by atoms with Crippen LogP contribution in [0.1, 0.15) is 53.2 Å². The number of nitrogens with one attached hydrogen (secondary N) is 3. The predicted molar refractivity (Wildman–Crippen MR) is 135 cm³/mol. The summed E-state index contributed by atoms with van der Waals surface area (Å²) < 4.78 is 63.9. The molecule has 1 saturated carbocycles. The van der Waals surface area contributed by atoms with E-state index in [0.717, 1.165) is 55.8 Å². The van der Waals surface area contributed by atoms with Crippen molar-refractivity contribution in [2.45, 2.75) is 49.9 Å². The molecule has 13 heteroatoms. The number of pyridine rings is 1. The Morgan fingerprint density at radius 1 is 1.05 bits per heavy atom. The highest BCUT2D eigenvalue weighted by molar-refractivity contribution is 7.92. The molecule has 2 aliphatic rings. The molecule has 0 atom stereocenters. The van der Waals surface area contributed by atoms with Gasteiger partial charge in [-0.05, 0) is 56.0 Å². The maximum atomic E-state index is 12.8. The fraction of sp³-hybridized carbons (Fsp3) is 0.480. The second-order valence-corrected chi connectivity index (χ2v) is 11.6. The number of halogens is 3. The molecule has 1 aromatic carbocycles. The Bertz CT molecular complexity index is 1270. The van der Waals surface area contributed by atoms with E-state index in [0.29, 0.717) is 24.9 Å². The van der Waals surface area contributed by atoms with E-state index < -0.39 is 33.6 Å². The van der Waals surface area contributed by atoms with Gasteiger partial charge in [-0.2, -0.15) is 13.2 Å². The summed E-state index contributed by atoms with van der Waals surface area (Å²) in [5, 5.41) is 5.21. The molecule has 1 aromatic heterocycles. The highest BCUT2D eigenvalue weighted by Gasteiger charge is 2.36. The van der Waals surface area contributed by atoms with Crippen LogP contribution in [0.2, 0.25) is 0 Å². The number of alkyl halides is 3. The van der Waals surface area contributed by atoms with Gasteiger partial charge in [-0.1, -0.05) is 12.1 Å². The molecule has 3 N–H and O–H groups in total. The standard InChI is InChI=1S/C25H30F3N5O4S/c1-38(36,37)32-22-7-3-6-21(31-22)16-8-10-20(11-9-16)33-14-19(15-33)30-23(34)13-29-24(35)17-4-2-5-18(12-17)25(26,27)28/h2-7,12,16,19-20H,8-11,13-15H2,1H3,(H,29,35)(H,30,34)(H,31,32). The maximum Gasteiger partial charge on any atom is 0.416 e. The van der Waals surface area contributed by atoms with Gasteiger partial charge in [-0.3, -0.25) is 19.2 Å². The lowest BCUT2D eigenvalue weighted by Gasteiger charge is -2.46. The van der Waals surface area contributed by atoms with Crippen LogP contribution in [0.3, 0.4) is 0 Å².